The van der Waals surface area contributed by atoms with Gasteiger partial charge in [0.2, 0.25) is 0 Å². The van der Waals surface area contributed by atoms with Crippen LogP contribution in [0.3, 0.4) is 0 Å². The molecule has 6 heteroatoms. The molecule has 126 valence electrons. The second kappa shape index (κ2) is 7.85. The van der Waals surface area contributed by atoms with Gasteiger partial charge in [-0.3, -0.25) is 4.79 Å². The van der Waals surface area contributed by atoms with Gasteiger partial charge >= 0.3 is 6.03 Å². The van der Waals surface area contributed by atoms with Gasteiger partial charge in [-0.05, 0) is 51.8 Å². The summed E-state index contributed by atoms with van der Waals surface area (Å²) in [6.07, 6.45) is 2.29. The Morgan fingerprint density at radius 1 is 1.22 bits per heavy atom. The van der Waals surface area contributed by atoms with Crippen molar-refractivity contribution < 1.29 is 9.59 Å². The molecule has 1 aliphatic heterocycles. The molecule has 0 atom stereocenters. The number of urea groups is 1. The maximum atomic E-state index is 12.5. The number of hydrogen-bond donors (Lipinski definition) is 3. The molecule has 0 radical (unpaired) electrons. The fourth-order valence-corrected chi connectivity index (χ4v) is 2.71. The molecule has 1 aliphatic rings. The number of carbonyl (C=O) groups is 2. The number of hydrogen-bond acceptors (Lipinski definition) is 3. The van der Waals surface area contributed by atoms with Crippen LogP contribution >= 0.6 is 0 Å². The molecule has 1 heterocycles. The highest BCUT2D eigenvalue weighted by Crippen LogP contribution is 2.27. The van der Waals surface area contributed by atoms with Crippen LogP contribution in [-0.2, 0) is 0 Å². The summed E-state index contributed by atoms with van der Waals surface area (Å²) in [6.45, 7) is 8.21. The number of anilines is 2. The van der Waals surface area contributed by atoms with Crippen molar-refractivity contribution in [2.75, 3.05) is 29.9 Å². The van der Waals surface area contributed by atoms with Crippen LogP contribution in [0, 0.1) is 0 Å². The van der Waals surface area contributed by atoms with Crippen molar-refractivity contribution in [1.29, 1.82) is 0 Å². The van der Waals surface area contributed by atoms with Gasteiger partial charge < -0.3 is 20.9 Å². The highest BCUT2D eigenvalue weighted by atomic mass is 16.2. The molecule has 1 aromatic rings. The molecule has 0 aromatic heterocycles. The zero-order chi connectivity index (χ0) is 16.8. The first-order valence-electron chi connectivity index (χ1n) is 8.26. The minimum atomic E-state index is -0.267. The molecule has 3 N–H and O–H groups in total. The van der Waals surface area contributed by atoms with Crippen molar-refractivity contribution in [1.82, 2.24) is 10.6 Å². The van der Waals surface area contributed by atoms with Crippen molar-refractivity contribution in [2.45, 2.75) is 39.7 Å². The van der Waals surface area contributed by atoms with Crippen molar-refractivity contribution in [2.24, 2.45) is 0 Å². The molecule has 1 fully saturated rings. The second-order valence-electron chi connectivity index (χ2n) is 6.04. The molecule has 1 aromatic carbocycles. The van der Waals surface area contributed by atoms with Gasteiger partial charge in [0.25, 0.3) is 5.91 Å². The zero-order valence-electron chi connectivity index (χ0n) is 14.1. The lowest BCUT2D eigenvalue weighted by Crippen LogP contribution is -2.32. The number of rotatable bonds is 5. The highest BCUT2D eigenvalue weighted by Gasteiger charge is 2.20. The largest absolute Gasteiger partial charge is 0.371 e. The van der Waals surface area contributed by atoms with Crippen LogP contribution < -0.4 is 20.9 Å². The van der Waals surface area contributed by atoms with E-state index in [4.69, 9.17) is 0 Å². The van der Waals surface area contributed by atoms with Gasteiger partial charge in [0.1, 0.15) is 0 Å². The van der Waals surface area contributed by atoms with E-state index < -0.39 is 0 Å². The first kappa shape index (κ1) is 17.1. The van der Waals surface area contributed by atoms with E-state index in [0.717, 1.165) is 31.6 Å². The normalized spacial score (nSPS) is 14.0. The molecular formula is C17H26N4O2. The molecule has 0 saturated carbocycles. The molecule has 23 heavy (non-hydrogen) atoms. The third-order valence-electron chi connectivity index (χ3n) is 3.70. The fourth-order valence-electron chi connectivity index (χ4n) is 2.71. The van der Waals surface area contributed by atoms with Gasteiger partial charge in [-0.2, -0.15) is 0 Å². The molecule has 1 saturated heterocycles. The quantitative estimate of drug-likeness (QED) is 0.781. The predicted octanol–water partition coefficient (Wildman–Crippen LogP) is 2.57. The third-order valence-corrected chi connectivity index (χ3v) is 3.70. The van der Waals surface area contributed by atoms with Crippen LogP contribution in [0.5, 0.6) is 0 Å². The van der Waals surface area contributed by atoms with Crippen molar-refractivity contribution >= 4 is 23.3 Å². The summed E-state index contributed by atoms with van der Waals surface area (Å²) < 4.78 is 0. The maximum Gasteiger partial charge on any atom is 0.319 e. The predicted molar refractivity (Wildman–Crippen MR) is 93.2 cm³/mol. The summed E-state index contributed by atoms with van der Waals surface area (Å²) in [4.78, 5) is 26.4. The number of amides is 3. The van der Waals surface area contributed by atoms with Crippen LogP contribution in [0.4, 0.5) is 16.2 Å². The van der Waals surface area contributed by atoms with Crippen LogP contribution in [0.1, 0.15) is 44.0 Å². The summed E-state index contributed by atoms with van der Waals surface area (Å²) in [6, 6.07) is 5.31. The standard InChI is InChI=1S/C17H26N4O2/c1-4-18-17(23)20-13-7-8-15(21-9-5-6-10-21)14(11-13)16(22)19-12(2)3/h7-8,11-12H,4-6,9-10H2,1-3H3,(H,19,22)(H2,18,20,23). The lowest BCUT2D eigenvalue weighted by Gasteiger charge is -2.22. The van der Waals surface area contributed by atoms with E-state index in [1.165, 1.54) is 0 Å². The Labute approximate surface area is 137 Å². The fraction of sp³-hybridized carbons (Fsp3) is 0.529. The van der Waals surface area contributed by atoms with E-state index in [1.54, 1.807) is 6.07 Å². The second-order valence-corrected chi connectivity index (χ2v) is 6.04. The van der Waals surface area contributed by atoms with Gasteiger partial charge in [-0.25, -0.2) is 4.79 Å². The molecular weight excluding hydrogens is 292 g/mol. The molecule has 0 aliphatic carbocycles. The Balaban J connectivity index is 2.27. The van der Waals surface area contributed by atoms with E-state index in [0.29, 0.717) is 17.8 Å². The van der Waals surface area contributed by atoms with Crippen LogP contribution in [0.15, 0.2) is 18.2 Å². The topological polar surface area (TPSA) is 73.5 Å². The van der Waals surface area contributed by atoms with E-state index in [1.807, 2.05) is 32.9 Å². The minimum Gasteiger partial charge on any atom is -0.371 e. The van der Waals surface area contributed by atoms with Crippen LogP contribution in [-0.4, -0.2) is 37.6 Å². The number of benzene rings is 1. The Hall–Kier alpha value is -2.24. The van der Waals surface area contributed by atoms with Crippen LogP contribution in [0.2, 0.25) is 0 Å². The summed E-state index contributed by atoms with van der Waals surface area (Å²) in [5.74, 6) is -0.110. The highest BCUT2D eigenvalue weighted by molar-refractivity contribution is 6.02. The molecule has 2 rings (SSSR count). The van der Waals surface area contributed by atoms with E-state index in [2.05, 4.69) is 20.9 Å². The Morgan fingerprint density at radius 2 is 1.91 bits per heavy atom. The molecule has 3 amide bonds. The van der Waals surface area contributed by atoms with Gasteiger partial charge in [0, 0.05) is 37.1 Å². The monoisotopic (exact) mass is 318 g/mol. The third kappa shape index (κ3) is 4.61. The van der Waals surface area contributed by atoms with E-state index in [-0.39, 0.29) is 18.0 Å². The summed E-state index contributed by atoms with van der Waals surface area (Å²) in [5.41, 5.74) is 2.16. The first-order chi connectivity index (χ1) is 11.0. The molecule has 6 nitrogen and oxygen atoms in total. The number of nitrogens with one attached hydrogen (secondary N) is 3. The van der Waals surface area contributed by atoms with E-state index >= 15 is 0 Å². The SMILES string of the molecule is CCNC(=O)Nc1ccc(N2CCCC2)c(C(=O)NC(C)C)c1. The summed E-state index contributed by atoms with van der Waals surface area (Å²) in [5, 5.41) is 8.38. The smallest absolute Gasteiger partial charge is 0.319 e. The maximum absolute atomic E-state index is 12.5. The average molecular weight is 318 g/mol. The first-order valence-corrected chi connectivity index (χ1v) is 8.26. The average Bonchev–Trinajstić information content (AvgIpc) is 3.00. The van der Waals surface area contributed by atoms with Crippen molar-refractivity contribution in [3.05, 3.63) is 23.8 Å². The minimum absolute atomic E-state index is 0.0638. The van der Waals surface area contributed by atoms with Gasteiger partial charge in [-0.15, -0.1) is 0 Å². The van der Waals surface area contributed by atoms with Gasteiger partial charge in [0.05, 0.1) is 5.56 Å². The van der Waals surface area contributed by atoms with Gasteiger partial charge in [0.15, 0.2) is 0 Å². The lowest BCUT2D eigenvalue weighted by atomic mass is 10.1. The summed E-state index contributed by atoms with van der Waals surface area (Å²) >= 11 is 0. The molecule has 0 bridgehead atoms. The zero-order valence-corrected chi connectivity index (χ0v) is 14.1. The van der Waals surface area contributed by atoms with Crippen molar-refractivity contribution in [3.8, 4) is 0 Å². The van der Waals surface area contributed by atoms with E-state index in [9.17, 15) is 9.59 Å². The van der Waals surface area contributed by atoms with Crippen LogP contribution in [0.25, 0.3) is 0 Å². The molecule has 0 unspecified atom stereocenters. The Bertz CT molecular complexity index is 566. The van der Waals surface area contributed by atoms with Crippen molar-refractivity contribution in [3.63, 3.8) is 0 Å². The molecule has 0 spiro atoms. The Kier molecular flexibility index (Phi) is 5.84. The number of carbonyl (C=O) groups excluding carboxylic acids is 2. The lowest BCUT2D eigenvalue weighted by molar-refractivity contribution is 0.0943. The Morgan fingerprint density at radius 3 is 2.52 bits per heavy atom. The van der Waals surface area contributed by atoms with Gasteiger partial charge in [-0.1, -0.05) is 0 Å². The number of nitrogens with zero attached hydrogens (tertiary/aromatic N) is 1. The summed E-state index contributed by atoms with van der Waals surface area (Å²) in [7, 11) is 0.